The number of rotatable bonds is 6. The highest BCUT2D eigenvalue weighted by atomic mass is 16.5. The molecule has 0 aliphatic heterocycles. The predicted molar refractivity (Wildman–Crippen MR) is 67.7 cm³/mol. The van der Waals surface area contributed by atoms with Gasteiger partial charge < -0.3 is 15.3 Å². The van der Waals surface area contributed by atoms with Crippen LogP contribution in [0.3, 0.4) is 0 Å². The van der Waals surface area contributed by atoms with Gasteiger partial charge >= 0.3 is 0 Å². The quantitative estimate of drug-likeness (QED) is 0.523. The first kappa shape index (κ1) is 12.3. The summed E-state index contributed by atoms with van der Waals surface area (Å²) in [5.74, 6) is 8.18. The van der Waals surface area contributed by atoms with Crippen molar-refractivity contribution in [2.75, 3.05) is 10.7 Å². The Morgan fingerprint density at radius 2 is 2.17 bits per heavy atom. The van der Waals surface area contributed by atoms with Gasteiger partial charge in [0.15, 0.2) is 5.76 Å². The maximum atomic E-state index is 5.38. The van der Waals surface area contributed by atoms with Gasteiger partial charge in [-0.2, -0.15) is 0 Å². The van der Waals surface area contributed by atoms with Crippen molar-refractivity contribution in [1.82, 2.24) is 15.1 Å². The molecule has 96 valence electrons. The lowest BCUT2D eigenvalue weighted by Crippen LogP contribution is -2.12. The molecule has 0 amide bonds. The number of nitrogens with zero attached hydrogens (tertiary/aromatic N) is 3. The highest BCUT2D eigenvalue weighted by Gasteiger charge is 2.04. The molecule has 0 spiro atoms. The van der Waals surface area contributed by atoms with Crippen LogP contribution in [0.1, 0.15) is 24.9 Å². The van der Waals surface area contributed by atoms with Gasteiger partial charge in [-0.15, -0.1) is 0 Å². The van der Waals surface area contributed by atoms with Gasteiger partial charge in [-0.25, -0.2) is 15.8 Å². The summed E-state index contributed by atoms with van der Waals surface area (Å²) >= 11 is 0. The van der Waals surface area contributed by atoms with Crippen molar-refractivity contribution in [2.24, 2.45) is 5.84 Å². The first-order valence-corrected chi connectivity index (χ1v) is 5.80. The lowest BCUT2D eigenvalue weighted by molar-refractivity contribution is 0.388. The third-order valence-corrected chi connectivity index (χ3v) is 2.33. The Labute approximate surface area is 105 Å². The molecule has 2 rings (SSSR count). The van der Waals surface area contributed by atoms with E-state index in [2.05, 4.69) is 32.8 Å². The van der Waals surface area contributed by atoms with Gasteiger partial charge in [-0.1, -0.05) is 12.1 Å². The lowest BCUT2D eigenvalue weighted by atomic mass is 10.3. The van der Waals surface area contributed by atoms with E-state index in [-0.39, 0.29) is 0 Å². The molecule has 7 nitrogen and oxygen atoms in total. The second-order valence-electron chi connectivity index (χ2n) is 3.78. The molecule has 4 N–H and O–H groups in total. The molecule has 0 unspecified atom stereocenters. The highest BCUT2D eigenvalue weighted by Crippen LogP contribution is 2.12. The van der Waals surface area contributed by atoms with Gasteiger partial charge in [-0.3, -0.25) is 0 Å². The maximum absolute atomic E-state index is 5.38. The summed E-state index contributed by atoms with van der Waals surface area (Å²) in [6.07, 6.45) is 3.40. The second-order valence-corrected chi connectivity index (χ2v) is 3.78. The van der Waals surface area contributed by atoms with E-state index in [0.717, 1.165) is 24.4 Å². The molecule has 7 heteroatoms. The zero-order chi connectivity index (χ0) is 12.8. The molecule has 0 saturated carbocycles. The van der Waals surface area contributed by atoms with Gasteiger partial charge in [0.2, 0.25) is 0 Å². The first-order valence-electron chi connectivity index (χ1n) is 5.80. The fourth-order valence-corrected chi connectivity index (χ4v) is 1.51. The van der Waals surface area contributed by atoms with E-state index in [9.17, 15) is 0 Å². The Bertz CT molecular complexity index is 484. The van der Waals surface area contributed by atoms with Crippen molar-refractivity contribution in [2.45, 2.75) is 26.3 Å². The van der Waals surface area contributed by atoms with Crippen LogP contribution >= 0.6 is 0 Å². The number of nitrogens with one attached hydrogen (secondary N) is 2. The molecule has 0 saturated heterocycles. The summed E-state index contributed by atoms with van der Waals surface area (Å²) in [6, 6.07) is 3.54. The summed E-state index contributed by atoms with van der Waals surface area (Å²) < 4.78 is 4.99. The van der Waals surface area contributed by atoms with Crippen molar-refractivity contribution in [3.05, 3.63) is 29.9 Å². The molecule has 0 aliphatic rings. The lowest BCUT2D eigenvalue weighted by Gasteiger charge is -2.08. The minimum absolute atomic E-state index is 0.520. The number of hydrogen-bond acceptors (Lipinski definition) is 7. The Morgan fingerprint density at radius 3 is 2.83 bits per heavy atom. The third kappa shape index (κ3) is 3.17. The van der Waals surface area contributed by atoms with Crippen molar-refractivity contribution in [3.63, 3.8) is 0 Å². The zero-order valence-electron chi connectivity index (χ0n) is 10.2. The van der Waals surface area contributed by atoms with Crippen LogP contribution in [-0.2, 0) is 13.0 Å². The Kier molecular flexibility index (Phi) is 4.08. The van der Waals surface area contributed by atoms with E-state index in [1.54, 1.807) is 18.3 Å². The smallest absolute Gasteiger partial charge is 0.155 e. The maximum Gasteiger partial charge on any atom is 0.155 e. The number of aromatic nitrogens is 3. The van der Waals surface area contributed by atoms with Crippen molar-refractivity contribution in [1.29, 1.82) is 0 Å². The van der Waals surface area contributed by atoms with Crippen molar-refractivity contribution in [3.8, 4) is 0 Å². The van der Waals surface area contributed by atoms with Gasteiger partial charge in [-0.05, 0) is 6.42 Å². The average Bonchev–Trinajstić information content (AvgIpc) is 2.89. The van der Waals surface area contributed by atoms with Crippen LogP contribution in [0.15, 0.2) is 22.9 Å². The second kappa shape index (κ2) is 5.97. The molecule has 0 atom stereocenters. The minimum Gasteiger partial charge on any atom is -0.363 e. The van der Waals surface area contributed by atoms with Crippen LogP contribution in [0.2, 0.25) is 0 Å². The summed E-state index contributed by atoms with van der Waals surface area (Å²) in [6.45, 7) is 2.60. The standard InChI is InChI=1S/C11H16N6O/c1-2-3-9-15-10(6-11(16-9)17-12)13-7-8-4-5-14-18-8/h4-6H,2-3,7,12H2,1H3,(H2,13,15,16,17). The van der Waals surface area contributed by atoms with E-state index < -0.39 is 0 Å². The van der Waals surface area contributed by atoms with Crippen molar-refractivity contribution < 1.29 is 4.52 Å². The molecule has 2 aromatic rings. The number of hydrogen-bond donors (Lipinski definition) is 3. The highest BCUT2D eigenvalue weighted by molar-refractivity contribution is 5.46. The van der Waals surface area contributed by atoms with E-state index in [1.807, 2.05) is 0 Å². The van der Waals surface area contributed by atoms with Gasteiger partial charge in [0.05, 0.1) is 12.7 Å². The first-order chi connectivity index (χ1) is 8.81. The van der Waals surface area contributed by atoms with Crippen LogP contribution < -0.4 is 16.6 Å². The number of aryl methyl sites for hydroxylation is 1. The Morgan fingerprint density at radius 1 is 1.33 bits per heavy atom. The van der Waals surface area contributed by atoms with Crippen LogP contribution in [0, 0.1) is 0 Å². The fraction of sp³-hybridized carbons (Fsp3) is 0.364. The molecule has 0 bridgehead atoms. The number of hydrazine groups is 1. The molecule has 0 fully saturated rings. The molecule has 18 heavy (non-hydrogen) atoms. The third-order valence-electron chi connectivity index (χ3n) is 2.33. The largest absolute Gasteiger partial charge is 0.363 e. The zero-order valence-corrected chi connectivity index (χ0v) is 10.2. The van der Waals surface area contributed by atoms with Crippen LogP contribution in [0.4, 0.5) is 11.6 Å². The summed E-state index contributed by atoms with van der Waals surface area (Å²) in [7, 11) is 0. The van der Waals surface area contributed by atoms with Gasteiger partial charge in [0.25, 0.3) is 0 Å². The van der Waals surface area contributed by atoms with E-state index in [0.29, 0.717) is 18.2 Å². The average molecular weight is 248 g/mol. The molecular formula is C11H16N6O. The molecule has 2 aromatic heterocycles. The number of anilines is 2. The topological polar surface area (TPSA) is 102 Å². The van der Waals surface area contributed by atoms with Gasteiger partial charge in [0.1, 0.15) is 17.5 Å². The fourth-order valence-electron chi connectivity index (χ4n) is 1.51. The van der Waals surface area contributed by atoms with Crippen LogP contribution in [0.25, 0.3) is 0 Å². The molecule has 2 heterocycles. The van der Waals surface area contributed by atoms with Crippen LogP contribution in [0.5, 0.6) is 0 Å². The molecule has 0 aliphatic carbocycles. The monoisotopic (exact) mass is 248 g/mol. The summed E-state index contributed by atoms with van der Waals surface area (Å²) in [5.41, 5.74) is 2.53. The van der Waals surface area contributed by atoms with E-state index >= 15 is 0 Å². The predicted octanol–water partition coefficient (Wildman–Crippen LogP) is 1.31. The number of nitrogens with two attached hydrogens (primary N) is 1. The normalized spacial score (nSPS) is 10.3. The summed E-state index contributed by atoms with van der Waals surface area (Å²) in [4.78, 5) is 8.65. The molecule has 0 radical (unpaired) electrons. The number of nitrogen functional groups attached to an aromatic ring is 1. The van der Waals surface area contributed by atoms with E-state index in [4.69, 9.17) is 10.4 Å². The Hall–Kier alpha value is -2.15. The van der Waals surface area contributed by atoms with Gasteiger partial charge in [0, 0.05) is 18.6 Å². The SMILES string of the molecule is CCCc1nc(NN)cc(NCc2ccno2)n1. The van der Waals surface area contributed by atoms with Crippen molar-refractivity contribution >= 4 is 11.6 Å². The Balaban J connectivity index is 2.08. The summed E-state index contributed by atoms with van der Waals surface area (Å²) in [5, 5.41) is 6.78. The minimum atomic E-state index is 0.520. The van der Waals surface area contributed by atoms with Crippen LogP contribution in [-0.4, -0.2) is 15.1 Å². The molecular weight excluding hydrogens is 232 g/mol. The molecule has 0 aromatic carbocycles. The van der Waals surface area contributed by atoms with E-state index in [1.165, 1.54) is 0 Å².